The number of carbonyl (C=O) groups excluding carboxylic acids is 2. The van der Waals surface area contributed by atoms with Gasteiger partial charge in [0.1, 0.15) is 11.4 Å². The lowest BCUT2D eigenvalue weighted by atomic mass is 10.0. The molecule has 210 valence electrons. The normalized spacial score (nSPS) is 14.7. The van der Waals surface area contributed by atoms with Crippen molar-refractivity contribution in [2.24, 2.45) is 0 Å². The van der Waals surface area contributed by atoms with Crippen molar-refractivity contribution in [3.8, 4) is 0 Å². The highest BCUT2D eigenvalue weighted by molar-refractivity contribution is 5.78. The Bertz CT molecular complexity index is 1210. The number of carbonyl (C=O) groups is 2. The second kappa shape index (κ2) is 10.7. The van der Waals surface area contributed by atoms with Gasteiger partial charge in [0.2, 0.25) is 11.7 Å². The molecule has 1 aliphatic heterocycles. The topological polar surface area (TPSA) is 79.7 Å². The van der Waals surface area contributed by atoms with Gasteiger partial charge in [0.25, 0.3) is 0 Å². The molecule has 2 aromatic rings. The van der Waals surface area contributed by atoms with E-state index in [1.165, 1.54) is 23.9 Å². The maximum Gasteiger partial charge on any atom is 0.449 e. The highest BCUT2D eigenvalue weighted by Gasteiger charge is 2.41. The van der Waals surface area contributed by atoms with Gasteiger partial charge in [0.05, 0.1) is 12.2 Å². The summed E-state index contributed by atoms with van der Waals surface area (Å²) in [6.45, 7) is 4.40. The van der Waals surface area contributed by atoms with Gasteiger partial charge in [-0.05, 0) is 38.8 Å². The average Bonchev–Trinajstić information content (AvgIpc) is 3.15. The molecular formula is C24H29F6N5O3. The van der Waals surface area contributed by atoms with Crippen LogP contribution in [0.15, 0.2) is 12.1 Å². The van der Waals surface area contributed by atoms with E-state index in [0.29, 0.717) is 12.1 Å². The van der Waals surface area contributed by atoms with Crippen molar-refractivity contribution >= 4 is 17.8 Å². The highest BCUT2D eigenvalue weighted by Crippen LogP contribution is 2.35. The number of anilines is 1. The van der Waals surface area contributed by atoms with E-state index < -0.39 is 59.5 Å². The van der Waals surface area contributed by atoms with Crippen molar-refractivity contribution < 1.29 is 40.7 Å². The van der Waals surface area contributed by atoms with Crippen LogP contribution >= 0.6 is 0 Å². The molecule has 0 radical (unpaired) electrons. The molecule has 0 bridgehead atoms. The van der Waals surface area contributed by atoms with Crippen LogP contribution in [0.4, 0.5) is 37.0 Å². The van der Waals surface area contributed by atoms with Crippen LogP contribution in [0.25, 0.3) is 0 Å². The Morgan fingerprint density at radius 3 is 2.29 bits per heavy atom. The minimum atomic E-state index is -4.69. The number of fused-ring (bicyclic) bond motifs is 1. The van der Waals surface area contributed by atoms with Gasteiger partial charge in [0, 0.05) is 45.7 Å². The predicted molar refractivity (Wildman–Crippen MR) is 125 cm³/mol. The van der Waals surface area contributed by atoms with Crippen molar-refractivity contribution in [2.45, 2.75) is 64.5 Å². The zero-order valence-electron chi connectivity index (χ0n) is 21.5. The molecular weight excluding hydrogens is 520 g/mol. The fourth-order valence-electron chi connectivity index (χ4n) is 4.11. The van der Waals surface area contributed by atoms with Crippen LogP contribution in [0, 0.1) is 17.5 Å². The molecule has 0 fully saturated rings. The number of aromatic nitrogens is 2. The number of nitrogens with one attached hydrogen (secondary N) is 1. The van der Waals surface area contributed by atoms with Crippen molar-refractivity contribution in [3.05, 3.63) is 46.7 Å². The van der Waals surface area contributed by atoms with Gasteiger partial charge in [-0.25, -0.2) is 22.9 Å². The van der Waals surface area contributed by atoms with Crippen LogP contribution in [0.5, 0.6) is 0 Å². The lowest BCUT2D eigenvalue weighted by Gasteiger charge is -2.31. The smallest absolute Gasteiger partial charge is 0.444 e. The summed E-state index contributed by atoms with van der Waals surface area (Å²) in [4.78, 5) is 32.0. The third-order valence-corrected chi connectivity index (χ3v) is 5.71. The molecule has 3 rings (SSSR count). The lowest BCUT2D eigenvalue weighted by molar-refractivity contribution is -0.148. The Balaban J connectivity index is 1.84. The number of benzene rings is 1. The van der Waals surface area contributed by atoms with E-state index >= 15 is 0 Å². The van der Waals surface area contributed by atoms with E-state index in [4.69, 9.17) is 4.74 Å². The number of alkyl halides is 3. The lowest BCUT2D eigenvalue weighted by Crippen LogP contribution is -2.45. The monoisotopic (exact) mass is 549 g/mol. The number of alkyl carbamates (subject to hydrolysis) is 1. The van der Waals surface area contributed by atoms with Crippen LogP contribution in [-0.2, 0) is 35.2 Å². The van der Waals surface area contributed by atoms with Gasteiger partial charge in [-0.15, -0.1) is 0 Å². The fourth-order valence-corrected chi connectivity index (χ4v) is 4.11. The molecule has 1 atom stereocenters. The molecule has 0 spiro atoms. The van der Waals surface area contributed by atoms with E-state index in [1.54, 1.807) is 20.8 Å². The van der Waals surface area contributed by atoms with Crippen LogP contribution in [-0.4, -0.2) is 58.7 Å². The standard InChI is InChI=1S/C24H29F6N5O3/c1-23(2,3)38-22(37)31-14(8-13-9-16(26)17(27)11-15(13)25)10-19(36)34-6-7-35-18(12-34)20(33(4)5)32-21(35)24(28,29)30/h9,11,14H,6-8,10,12H2,1-5H3,(H,31,37)/t14-/m1/s1. The van der Waals surface area contributed by atoms with Crippen LogP contribution in [0.3, 0.4) is 0 Å². The number of hydrogen-bond donors (Lipinski definition) is 1. The van der Waals surface area contributed by atoms with Crippen LogP contribution in [0.1, 0.15) is 44.3 Å². The van der Waals surface area contributed by atoms with Crippen molar-refractivity contribution in [1.29, 1.82) is 0 Å². The van der Waals surface area contributed by atoms with Gasteiger partial charge < -0.3 is 24.4 Å². The molecule has 1 aliphatic rings. The maximum absolute atomic E-state index is 14.3. The van der Waals surface area contributed by atoms with Crippen molar-refractivity contribution in [3.63, 3.8) is 0 Å². The largest absolute Gasteiger partial charge is 0.449 e. The molecule has 1 N–H and O–H groups in total. The van der Waals surface area contributed by atoms with Gasteiger partial charge in [-0.1, -0.05) is 0 Å². The van der Waals surface area contributed by atoms with Gasteiger partial charge in [-0.2, -0.15) is 13.2 Å². The maximum atomic E-state index is 14.3. The van der Waals surface area contributed by atoms with E-state index in [9.17, 15) is 35.9 Å². The predicted octanol–water partition coefficient (Wildman–Crippen LogP) is 4.25. The Hall–Kier alpha value is -3.45. The summed E-state index contributed by atoms with van der Waals surface area (Å²) in [5, 5.41) is 2.46. The highest BCUT2D eigenvalue weighted by atomic mass is 19.4. The summed E-state index contributed by atoms with van der Waals surface area (Å²) < 4.78 is 88.2. The van der Waals surface area contributed by atoms with E-state index in [-0.39, 0.29) is 43.1 Å². The van der Waals surface area contributed by atoms with E-state index in [1.807, 2.05) is 0 Å². The molecule has 14 heteroatoms. The summed E-state index contributed by atoms with van der Waals surface area (Å²) in [5.41, 5.74) is -0.986. The molecule has 2 amide bonds. The molecule has 1 aromatic carbocycles. The first-order valence-electron chi connectivity index (χ1n) is 11.7. The Labute approximate surface area is 215 Å². The molecule has 2 heterocycles. The Kier molecular flexibility index (Phi) is 8.22. The SMILES string of the molecule is CN(C)c1nc(C(F)(F)F)n2c1CN(C(=O)C[C@@H](Cc1cc(F)c(F)cc1F)NC(=O)OC(C)(C)C)CC2. The van der Waals surface area contributed by atoms with Gasteiger partial charge >= 0.3 is 12.3 Å². The van der Waals surface area contributed by atoms with Gasteiger partial charge in [0.15, 0.2) is 17.5 Å². The Morgan fingerprint density at radius 2 is 1.71 bits per heavy atom. The molecule has 8 nitrogen and oxygen atoms in total. The first kappa shape index (κ1) is 29.1. The number of nitrogens with zero attached hydrogens (tertiary/aromatic N) is 4. The number of amides is 2. The summed E-state index contributed by atoms with van der Waals surface area (Å²) in [6, 6.07) is -0.0906. The molecule has 38 heavy (non-hydrogen) atoms. The fraction of sp³-hybridized carbons (Fsp3) is 0.542. The van der Waals surface area contributed by atoms with E-state index in [2.05, 4.69) is 10.3 Å². The minimum absolute atomic E-state index is 0.0575. The first-order valence-corrected chi connectivity index (χ1v) is 11.7. The van der Waals surface area contributed by atoms with Gasteiger partial charge in [-0.3, -0.25) is 4.79 Å². The van der Waals surface area contributed by atoms with Crippen LogP contribution in [0.2, 0.25) is 0 Å². The zero-order valence-corrected chi connectivity index (χ0v) is 21.5. The quantitative estimate of drug-likeness (QED) is 0.431. The summed E-state index contributed by atoms with van der Waals surface area (Å²) in [7, 11) is 3.06. The molecule has 0 saturated carbocycles. The first-order chi connectivity index (χ1) is 17.5. The number of imidazole rings is 1. The molecule has 1 aromatic heterocycles. The Morgan fingerprint density at radius 1 is 1.08 bits per heavy atom. The third-order valence-electron chi connectivity index (χ3n) is 5.71. The minimum Gasteiger partial charge on any atom is -0.444 e. The summed E-state index contributed by atoms with van der Waals surface area (Å²) in [6.07, 6.45) is -6.39. The third kappa shape index (κ3) is 6.90. The summed E-state index contributed by atoms with van der Waals surface area (Å²) >= 11 is 0. The second-order valence-electron chi connectivity index (χ2n) is 10.2. The van der Waals surface area contributed by atoms with Crippen LogP contribution < -0.4 is 10.2 Å². The zero-order chi connectivity index (χ0) is 28.6. The molecule has 0 unspecified atom stereocenters. The molecule has 0 saturated heterocycles. The second-order valence-corrected chi connectivity index (χ2v) is 10.2. The number of ether oxygens (including phenoxy) is 1. The number of hydrogen-bond acceptors (Lipinski definition) is 5. The average molecular weight is 550 g/mol. The summed E-state index contributed by atoms with van der Waals surface area (Å²) in [5.74, 6) is -5.32. The number of halogens is 6. The van der Waals surface area contributed by atoms with E-state index in [0.717, 1.165) is 4.57 Å². The number of rotatable bonds is 6. The molecule has 0 aliphatic carbocycles. The van der Waals surface area contributed by atoms with Crippen molar-refractivity contribution in [1.82, 2.24) is 19.8 Å². The van der Waals surface area contributed by atoms with Crippen molar-refractivity contribution in [2.75, 3.05) is 25.5 Å².